The van der Waals surface area contributed by atoms with Gasteiger partial charge in [-0.15, -0.1) is 35.5 Å². The van der Waals surface area contributed by atoms with Gasteiger partial charge in [0.05, 0.1) is 0 Å². The Morgan fingerprint density at radius 3 is 1.18 bits per heavy atom. The summed E-state index contributed by atoms with van der Waals surface area (Å²) >= 11 is 7.47. The fourth-order valence-corrected chi connectivity index (χ4v) is 2.00. The molecule has 28 heavy (non-hydrogen) atoms. The van der Waals surface area contributed by atoms with Crippen LogP contribution in [0.2, 0.25) is 0 Å². The summed E-state index contributed by atoms with van der Waals surface area (Å²) in [4.78, 5) is 0. The molecule has 0 amide bonds. The summed E-state index contributed by atoms with van der Waals surface area (Å²) in [5.74, 6) is 0.289. The molecule has 3 aromatic rings. The normalized spacial score (nSPS) is 7.82. The average molecular weight is 891 g/mol. The van der Waals surface area contributed by atoms with Crippen LogP contribution in [0, 0.1) is 0 Å². The zero-order valence-corrected chi connectivity index (χ0v) is 28.8. The maximum atomic E-state index is 10.9. The maximum absolute atomic E-state index is 10.9. The molecule has 0 saturated heterocycles. The summed E-state index contributed by atoms with van der Waals surface area (Å²) in [6, 6.07) is 19.9. The Morgan fingerprint density at radius 2 is 0.929 bits per heavy atom. The van der Waals surface area contributed by atoms with Crippen molar-refractivity contribution in [1.82, 2.24) is 0 Å². The van der Waals surface area contributed by atoms with Gasteiger partial charge in [-0.1, -0.05) is 64.5 Å². The van der Waals surface area contributed by atoms with Gasteiger partial charge in [0.25, 0.3) is 0 Å². The first-order chi connectivity index (χ1) is 11.5. The van der Waals surface area contributed by atoms with Gasteiger partial charge in [-0.2, -0.15) is 0 Å². The van der Waals surface area contributed by atoms with Crippen LogP contribution in [0.1, 0.15) is 0 Å². The van der Waals surface area contributed by atoms with Crippen LogP contribution in [0.3, 0.4) is 0 Å². The van der Waals surface area contributed by atoms with Crippen LogP contribution in [0.25, 0.3) is 11.1 Å². The Labute approximate surface area is 272 Å². The van der Waals surface area contributed by atoms with E-state index in [1.54, 1.807) is 48.5 Å². The third-order valence-electron chi connectivity index (χ3n) is 2.87. The molecule has 3 aromatic carbocycles. The molecule has 0 bridgehead atoms. The largest absolute Gasteiger partial charge is 1.00 e. The fraction of sp³-hybridized carbons (Fsp3) is 0. The van der Waals surface area contributed by atoms with Gasteiger partial charge in [0.2, 0.25) is 0 Å². The van der Waals surface area contributed by atoms with Gasteiger partial charge in [-0.25, -0.2) is 0 Å². The number of aromatic hydroxyl groups is 1. The van der Waals surface area contributed by atoms with E-state index in [2.05, 4.69) is 53.2 Å². The van der Waals surface area contributed by atoms with Crippen molar-refractivity contribution in [3.05, 3.63) is 77.3 Å². The Morgan fingerprint density at radius 1 is 0.643 bits per heavy atom. The van der Waals surface area contributed by atoms with Crippen molar-refractivity contribution in [3.8, 4) is 28.4 Å². The SMILES string of the molecule is I.II.Oc1ccc(Br)cc1.[Na+].[Na+].[O-]c1ccc(-c2ccc([O-])cc2)cc1.[Pd]. The zero-order chi connectivity index (χ0) is 17.9. The first-order valence-corrected chi connectivity index (χ1v) is 13.8. The van der Waals surface area contributed by atoms with E-state index in [9.17, 15) is 10.2 Å². The topological polar surface area (TPSA) is 66.3 Å². The summed E-state index contributed by atoms with van der Waals surface area (Å²) < 4.78 is 0.982. The second-order valence-corrected chi connectivity index (χ2v) is 5.44. The standard InChI is InChI=1S/C12H10O2.C6H5BrO.I2.HI.2Na.Pd/c13-11-5-1-9(2-6-11)10-3-7-12(14)8-4-10;7-5-1-3-6(8)4-2-5;1-2;;;;/h1-8,13-14H;1-4,8H;;1H;;;/q;;;;2*+1;/p-2. The summed E-state index contributed by atoms with van der Waals surface area (Å²) in [5.41, 5.74) is 1.90. The van der Waals surface area contributed by atoms with Crippen molar-refractivity contribution in [3.63, 3.8) is 0 Å². The molecule has 1 N–H and O–H groups in total. The molecule has 10 heteroatoms. The molecule has 0 aliphatic heterocycles. The van der Waals surface area contributed by atoms with Gasteiger partial charge < -0.3 is 15.3 Å². The van der Waals surface area contributed by atoms with E-state index in [0.29, 0.717) is 5.75 Å². The summed E-state index contributed by atoms with van der Waals surface area (Å²) in [6.45, 7) is 0. The minimum absolute atomic E-state index is 0. The van der Waals surface area contributed by atoms with Gasteiger partial charge in [0.15, 0.2) is 0 Å². The molecule has 0 radical (unpaired) electrons. The number of phenols is 1. The number of halogens is 4. The summed E-state index contributed by atoms with van der Waals surface area (Å²) in [7, 11) is 0. The molecule has 0 aliphatic rings. The van der Waals surface area contributed by atoms with E-state index in [1.165, 1.54) is 24.3 Å². The van der Waals surface area contributed by atoms with Crippen molar-refractivity contribution in [1.29, 1.82) is 0 Å². The zero-order valence-electron chi connectivity index (χ0n) is 15.1. The van der Waals surface area contributed by atoms with E-state index in [1.807, 2.05) is 0 Å². The smallest absolute Gasteiger partial charge is 0.872 e. The number of hydrogen-bond acceptors (Lipinski definition) is 3. The van der Waals surface area contributed by atoms with Gasteiger partial charge in [0.1, 0.15) is 5.75 Å². The molecule has 0 saturated carbocycles. The quantitative estimate of drug-likeness (QED) is 0.278. The Balaban J connectivity index is -0.000000181. The van der Waals surface area contributed by atoms with Crippen molar-refractivity contribution in [2.75, 3.05) is 0 Å². The third kappa shape index (κ3) is 16.1. The van der Waals surface area contributed by atoms with E-state index in [-0.39, 0.29) is 115 Å². The van der Waals surface area contributed by atoms with E-state index < -0.39 is 0 Å². The van der Waals surface area contributed by atoms with Crippen molar-refractivity contribution >= 4 is 77.1 Å². The first-order valence-electron chi connectivity index (χ1n) is 6.68. The molecular weight excluding hydrogens is 877 g/mol. The minimum Gasteiger partial charge on any atom is -0.872 e. The van der Waals surface area contributed by atoms with Gasteiger partial charge in [-0.3, -0.25) is 0 Å². The van der Waals surface area contributed by atoms with Gasteiger partial charge >= 0.3 is 59.1 Å². The van der Waals surface area contributed by atoms with E-state index in [0.717, 1.165) is 15.6 Å². The monoisotopic (exact) mass is 890 g/mol. The van der Waals surface area contributed by atoms with Gasteiger partial charge in [-0.05, 0) is 35.4 Å². The molecule has 0 aliphatic carbocycles. The number of phenolic OH excluding ortho intramolecular Hbond substituents is 1. The Bertz CT molecular complexity index is 670. The summed E-state index contributed by atoms with van der Waals surface area (Å²) in [5, 5.41) is 30.5. The van der Waals surface area contributed by atoms with Crippen molar-refractivity contribution < 1.29 is 94.9 Å². The van der Waals surface area contributed by atoms with E-state index >= 15 is 0 Å². The fourth-order valence-electron chi connectivity index (χ4n) is 1.74. The second kappa shape index (κ2) is 22.6. The molecule has 144 valence electrons. The number of benzene rings is 3. The van der Waals surface area contributed by atoms with Crippen molar-refractivity contribution in [2.45, 2.75) is 0 Å². The average Bonchev–Trinajstić information content (AvgIpc) is 2.61. The van der Waals surface area contributed by atoms with Crippen LogP contribution >= 0.6 is 77.1 Å². The van der Waals surface area contributed by atoms with Crippen LogP contribution in [-0.2, 0) is 20.4 Å². The molecular formula is C18H14BrI3Na2O3Pd. The number of hydrogen-bond donors (Lipinski definition) is 1. The van der Waals surface area contributed by atoms with Crippen LogP contribution < -0.4 is 69.3 Å². The van der Waals surface area contributed by atoms with Crippen molar-refractivity contribution in [2.24, 2.45) is 0 Å². The molecule has 0 aromatic heterocycles. The third-order valence-corrected chi connectivity index (χ3v) is 3.40. The van der Waals surface area contributed by atoms with Crippen LogP contribution in [0.5, 0.6) is 17.2 Å². The van der Waals surface area contributed by atoms with Crippen LogP contribution in [0.4, 0.5) is 0 Å². The summed E-state index contributed by atoms with van der Waals surface area (Å²) in [6.07, 6.45) is 0. The first kappa shape index (κ1) is 37.7. The molecule has 0 heterocycles. The van der Waals surface area contributed by atoms with Gasteiger partial charge in [0, 0.05) is 62.1 Å². The van der Waals surface area contributed by atoms with Crippen LogP contribution in [0.15, 0.2) is 77.3 Å². The maximum Gasteiger partial charge on any atom is 1.00 e. The molecule has 0 atom stereocenters. The minimum atomic E-state index is -0.00537. The molecule has 0 spiro atoms. The molecule has 0 unspecified atom stereocenters. The molecule has 3 nitrogen and oxygen atoms in total. The predicted octanol–water partition coefficient (Wildman–Crippen LogP) is 0.0504. The number of rotatable bonds is 1. The molecule has 0 fully saturated rings. The van der Waals surface area contributed by atoms with E-state index in [4.69, 9.17) is 5.11 Å². The predicted molar refractivity (Wildman–Crippen MR) is 130 cm³/mol. The Hall–Kier alpha value is 2.39. The molecule has 3 rings (SSSR count). The Kier molecular flexibility index (Phi) is 30.4. The van der Waals surface area contributed by atoms with Crippen LogP contribution in [-0.4, -0.2) is 5.11 Å². The second-order valence-electron chi connectivity index (χ2n) is 4.53.